The van der Waals surface area contributed by atoms with Gasteiger partial charge in [0.2, 0.25) is 0 Å². The predicted octanol–water partition coefficient (Wildman–Crippen LogP) is 4.29. The summed E-state index contributed by atoms with van der Waals surface area (Å²) < 4.78 is 38.6. The van der Waals surface area contributed by atoms with Crippen molar-refractivity contribution < 1.29 is 23.0 Å². The number of ether oxygens (including phenoxy) is 2. The third kappa shape index (κ3) is 3.66. The average molecular weight is 452 g/mol. The molecule has 1 aromatic heterocycles. The Morgan fingerprint density at radius 2 is 2.04 bits per heavy atom. The number of benzene rings is 2. The molecule has 0 saturated heterocycles. The van der Waals surface area contributed by atoms with Crippen LogP contribution in [0.3, 0.4) is 0 Å². The van der Waals surface area contributed by atoms with Gasteiger partial charge in [0.05, 0.1) is 23.8 Å². The average Bonchev–Trinajstić information content (AvgIpc) is 3.36. The van der Waals surface area contributed by atoms with Gasteiger partial charge in [-0.25, -0.2) is 4.98 Å². The third-order valence-electron chi connectivity index (χ3n) is 4.41. The van der Waals surface area contributed by atoms with Crippen LogP contribution in [0.15, 0.2) is 41.1 Å². The summed E-state index contributed by atoms with van der Waals surface area (Å²) in [7, 11) is 1.38. The van der Waals surface area contributed by atoms with Crippen LogP contribution in [-0.4, -0.2) is 35.2 Å². The number of nitrogens with zero attached hydrogens (tertiary/aromatic N) is 2. The molecule has 146 valence electrons. The minimum Gasteiger partial charge on any atom is -0.496 e. The van der Waals surface area contributed by atoms with Crippen LogP contribution in [0.2, 0.25) is 0 Å². The summed E-state index contributed by atoms with van der Waals surface area (Å²) in [5.74, 6) is -0.604. The molecule has 2 aromatic carbocycles. The Kier molecular flexibility index (Phi) is 4.92. The molecule has 1 heterocycles. The van der Waals surface area contributed by atoms with Crippen molar-refractivity contribution in [3.05, 3.63) is 46.7 Å². The Labute approximate surface area is 167 Å². The van der Waals surface area contributed by atoms with E-state index < -0.39 is 12.5 Å². The molecule has 1 aliphatic rings. The second kappa shape index (κ2) is 7.38. The number of methoxy groups -OCH3 is 1. The fraction of sp³-hybridized carbons (Fsp3) is 0.263. The number of amides is 1. The smallest absolute Gasteiger partial charge is 0.387 e. The molecule has 0 unspecified atom stereocenters. The summed E-state index contributed by atoms with van der Waals surface area (Å²) in [6.45, 7) is -3.08. The predicted molar refractivity (Wildman–Crippen MR) is 102 cm³/mol. The Hall–Kier alpha value is -2.68. The van der Waals surface area contributed by atoms with Gasteiger partial charge in [0, 0.05) is 22.6 Å². The maximum absolute atomic E-state index is 13.0. The van der Waals surface area contributed by atoms with E-state index in [1.54, 1.807) is 17.0 Å². The highest BCUT2D eigenvalue weighted by molar-refractivity contribution is 9.10. The summed E-state index contributed by atoms with van der Waals surface area (Å²) >= 11 is 3.39. The molecule has 6 nitrogen and oxygen atoms in total. The molecule has 1 fully saturated rings. The Morgan fingerprint density at radius 3 is 2.71 bits per heavy atom. The van der Waals surface area contributed by atoms with Crippen LogP contribution in [0.25, 0.3) is 16.7 Å². The molecule has 4 rings (SSSR count). The van der Waals surface area contributed by atoms with Gasteiger partial charge in [-0.3, -0.25) is 9.36 Å². The molecule has 1 N–H and O–H groups in total. The zero-order valence-electron chi connectivity index (χ0n) is 14.8. The zero-order valence-corrected chi connectivity index (χ0v) is 16.4. The lowest BCUT2D eigenvalue weighted by molar-refractivity contribution is -0.0502. The van der Waals surface area contributed by atoms with Crippen LogP contribution >= 0.6 is 15.9 Å². The monoisotopic (exact) mass is 451 g/mol. The molecule has 3 aromatic rings. The van der Waals surface area contributed by atoms with E-state index in [0.29, 0.717) is 5.69 Å². The van der Waals surface area contributed by atoms with Crippen molar-refractivity contribution in [1.29, 1.82) is 0 Å². The van der Waals surface area contributed by atoms with Gasteiger partial charge in [-0.2, -0.15) is 8.78 Å². The first-order valence-electron chi connectivity index (χ1n) is 8.57. The summed E-state index contributed by atoms with van der Waals surface area (Å²) in [5.41, 5.74) is 1.93. The lowest BCUT2D eigenvalue weighted by atomic mass is 10.1. The minimum absolute atomic E-state index is 0.0504. The number of carbonyl (C=O) groups is 1. The fourth-order valence-corrected chi connectivity index (χ4v) is 3.31. The molecule has 9 heteroatoms. The second-order valence-electron chi connectivity index (χ2n) is 6.40. The van der Waals surface area contributed by atoms with Crippen LogP contribution in [0.1, 0.15) is 23.2 Å². The molecule has 0 radical (unpaired) electrons. The number of alkyl halides is 2. The molecule has 1 amide bonds. The zero-order chi connectivity index (χ0) is 19.8. The topological polar surface area (TPSA) is 65.4 Å². The molecule has 0 aliphatic heterocycles. The highest BCUT2D eigenvalue weighted by Crippen LogP contribution is 2.35. The van der Waals surface area contributed by atoms with Gasteiger partial charge in [-0.15, -0.1) is 0 Å². The first kappa shape index (κ1) is 18.7. The maximum atomic E-state index is 13.0. The van der Waals surface area contributed by atoms with Crippen molar-refractivity contribution in [3.63, 3.8) is 0 Å². The largest absolute Gasteiger partial charge is 0.496 e. The third-order valence-corrected chi connectivity index (χ3v) is 4.91. The molecular weight excluding hydrogens is 436 g/mol. The van der Waals surface area contributed by atoms with E-state index in [4.69, 9.17) is 4.74 Å². The van der Waals surface area contributed by atoms with Crippen LogP contribution in [0.5, 0.6) is 11.5 Å². The van der Waals surface area contributed by atoms with E-state index in [1.165, 1.54) is 13.2 Å². The molecule has 0 spiro atoms. The number of hydrogen-bond donors (Lipinski definition) is 1. The lowest BCUT2D eigenvalue weighted by Crippen LogP contribution is -2.27. The van der Waals surface area contributed by atoms with Gasteiger partial charge >= 0.3 is 6.61 Å². The van der Waals surface area contributed by atoms with Crippen LogP contribution in [-0.2, 0) is 0 Å². The SMILES string of the molecule is COc1cc(-n2cnc3cc(Br)ccc32)cc(OC(F)F)c1C(=O)NC1CC1. The molecule has 1 saturated carbocycles. The van der Waals surface area contributed by atoms with E-state index in [2.05, 4.69) is 31.0 Å². The number of rotatable bonds is 6. The van der Waals surface area contributed by atoms with Gasteiger partial charge in [0.1, 0.15) is 23.4 Å². The normalized spacial score (nSPS) is 13.8. The fourth-order valence-electron chi connectivity index (χ4n) is 2.97. The number of halogens is 3. The second-order valence-corrected chi connectivity index (χ2v) is 7.31. The standard InChI is InChI=1S/C19H16BrF2N3O3/c1-27-15-7-12(25-9-23-13-6-10(20)2-5-14(13)25)8-16(28-19(21)22)17(15)18(26)24-11-3-4-11/h2,5-9,11,19H,3-4H2,1H3,(H,24,26). The molecular formula is C19H16BrF2N3O3. The Balaban J connectivity index is 1.84. The summed E-state index contributed by atoms with van der Waals surface area (Å²) in [6.07, 6.45) is 3.31. The van der Waals surface area contributed by atoms with E-state index in [1.807, 2.05) is 18.2 Å². The van der Waals surface area contributed by atoms with Crippen molar-refractivity contribution in [2.75, 3.05) is 7.11 Å². The first-order valence-corrected chi connectivity index (χ1v) is 9.36. The van der Waals surface area contributed by atoms with Crippen molar-refractivity contribution in [3.8, 4) is 17.2 Å². The number of carbonyl (C=O) groups excluding carboxylic acids is 1. The quantitative estimate of drug-likeness (QED) is 0.606. The first-order chi connectivity index (χ1) is 13.5. The van der Waals surface area contributed by atoms with Crippen molar-refractivity contribution in [1.82, 2.24) is 14.9 Å². The number of fused-ring (bicyclic) bond motifs is 1. The lowest BCUT2D eigenvalue weighted by Gasteiger charge is -2.17. The van der Waals surface area contributed by atoms with Crippen LogP contribution in [0, 0.1) is 0 Å². The number of hydrogen-bond acceptors (Lipinski definition) is 4. The summed E-state index contributed by atoms with van der Waals surface area (Å²) in [6, 6.07) is 8.60. The van der Waals surface area contributed by atoms with E-state index >= 15 is 0 Å². The van der Waals surface area contributed by atoms with Crippen molar-refractivity contribution in [2.24, 2.45) is 0 Å². The summed E-state index contributed by atoms with van der Waals surface area (Å²) in [5, 5.41) is 2.78. The molecule has 0 atom stereocenters. The van der Waals surface area contributed by atoms with Crippen LogP contribution in [0.4, 0.5) is 8.78 Å². The van der Waals surface area contributed by atoms with E-state index in [9.17, 15) is 13.6 Å². The molecule has 28 heavy (non-hydrogen) atoms. The van der Waals surface area contributed by atoms with Crippen molar-refractivity contribution in [2.45, 2.75) is 25.5 Å². The summed E-state index contributed by atoms with van der Waals surface area (Å²) in [4.78, 5) is 16.9. The van der Waals surface area contributed by atoms with Gasteiger partial charge in [-0.05, 0) is 31.0 Å². The van der Waals surface area contributed by atoms with Gasteiger partial charge in [0.25, 0.3) is 5.91 Å². The minimum atomic E-state index is -3.08. The molecule has 1 aliphatic carbocycles. The van der Waals surface area contributed by atoms with Crippen LogP contribution < -0.4 is 14.8 Å². The Morgan fingerprint density at radius 1 is 1.29 bits per heavy atom. The number of aromatic nitrogens is 2. The van der Waals surface area contributed by atoms with E-state index in [0.717, 1.165) is 28.3 Å². The highest BCUT2D eigenvalue weighted by Gasteiger charge is 2.29. The maximum Gasteiger partial charge on any atom is 0.387 e. The number of imidazole rings is 1. The Bertz CT molecular complexity index is 1050. The van der Waals surface area contributed by atoms with Crippen molar-refractivity contribution >= 4 is 32.9 Å². The van der Waals surface area contributed by atoms with E-state index in [-0.39, 0.29) is 23.1 Å². The van der Waals surface area contributed by atoms with Gasteiger partial charge < -0.3 is 14.8 Å². The molecule has 0 bridgehead atoms. The van der Waals surface area contributed by atoms with Gasteiger partial charge in [-0.1, -0.05) is 15.9 Å². The highest BCUT2D eigenvalue weighted by atomic mass is 79.9. The van der Waals surface area contributed by atoms with Gasteiger partial charge in [0.15, 0.2) is 0 Å². The number of nitrogens with one attached hydrogen (secondary N) is 1.